The molecule has 18 heavy (non-hydrogen) atoms. The van der Waals surface area contributed by atoms with Crippen LogP contribution in [0.4, 0.5) is 8.78 Å². The number of alkyl halides is 2. The van der Waals surface area contributed by atoms with Crippen LogP contribution in [-0.4, -0.2) is 19.6 Å². The summed E-state index contributed by atoms with van der Waals surface area (Å²) >= 11 is 0. The van der Waals surface area contributed by atoms with Crippen molar-refractivity contribution in [2.24, 2.45) is 7.05 Å². The van der Waals surface area contributed by atoms with E-state index in [0.717, 1.165) is 11.3 Å². The van der Waals surface area contributed by atoms with E-state index in [-0.39, 0.29) is 0 Å². The molecule has 0 aromatic carbocycles. The van der Waals surface area contributed by atoms with Gasteiger partial charge in [-0.05, 0) is 13.0 Å². The van der Waals surface area contributed by atoms with Crippen molar-refractivity contribution in [3.8, 4) is 0 Å². The normalized spacial score (nSPS) is 11.4. The zero-order valence-corrected chi connectivity index (χ0v) is 10.3. The second kappa shape index (κ2) is 5.26. The summed E-state index contributed by atoms with van der Waals surface area (Å²) in [5.41, 5.74) is 2.46. The minimum Gasteiger partial charge on any atom is -0.307 e. The Morgan fingerprint density at radius 3 is 2.78 bits per heavy atom. The summed E-state index contributed by atoms with van der Waals surface area (Å²) < 4.78 is 27.5. The Balaban J connectivity index is 1.92. The topological polar surface area (TPSA) is 47.7 Å². The second-order valence-corrected chi connectivity index (χ2v) is 4.06. The summed E-state index contributed by atoms with van der Waals surface area (Å²) in [6.07, 6.45) is 3.28. The molecule has 5 nitrogen and oxygen atoms in total. The smallest absolute Gasteiger partial charge is 0.307 e. The van der Waals surface area contributed by atoms with Gasteiger partial charge in [0.2, 0.25) is 0 Å². The molecule has 0 atom stereocenters. The number of aromatic nitrogens is 4. The number of nitrogens with one attached hydrogen (secondary N) is 1. The molecule has 0 aliphatic heterocycles. The molecule has 0 saturated carbocycles. The first kappa shape index (κ1) is 12.7. The zero-order valence-electron chi connectivity index (χ0n) is 10.3. The van der Waals surface area contributed by atoms with E-state index in [1.807, 2.05) is 20.2 Å². The van der Waals surface area contributed by atoms with Gasteiger partial charge in [-0.1, -0.05) is 0 Å². The van der Waals surface area contributed by atoms with Crippen LogP contribution < -0.4 is 5.32 Å². The molecule has 0 spiro atoms. The van der Waals surface area contributed by atoms with Gasteiger partial charge in [0, 0.05) is 38.1 Å². The van der Waals surface area contributed by atoms with Gasteiger partial charge in [0.05, 0.1) is 11.4 Å². The van der Waals surface area contributed by atoms with Crippen LogP contribution in [0.2, 0.25) is 0 Å². The number of hydrogen-bond donors (Lipinski definition) is 1. The van der Waals surface area contributed by atoms with Gasteiger partial charge in [0.15, 0.2) is 0 Å². The molecule has 0 aliphatic carbocycles. The van der Waals surface area contributed by atoms with E-state index in [0.29, 0.717) is 23.5 Å². The van der Waals surface area contributed by atoms with E-state index >= 15 is 0 Å². The Morgan fingerprint density at radius 1 is 1.39 bits per heavy atom. The summed E-state index contributed by atoms with van der Waals surface area (Å²) in [6, 6.07) is 1.58. The monoisotopic (exact) mass is 255 g/mol. The van der Waals surface area contributed by atoms with Crippen molar-refractivity contribution in [3.63, 3.8) is 0 Å². The van der Waals surface area contributed by atoms with Crippen molar-refractivity contribution < 1.29 is 8.78 Å². The van der Waals surface area contributed by atoms with Gasteiger partial charge in [-0.2, -0.15) is 19.0 Å². The predicted molar refractivity (Wildman–Crippen MR) is 62.0 cm³/mol. The predicted octanol–water partition coefficient (Wildman–Crippen LogP) is 1.61. The highest BCUT2D eigenvalue weighted by atomic mass is 19.3. The fraction of sp³-hybridized carbons (Fsp3) is 0.455. The minimum atomic E-state index is -2.60. The third-order valence-electron chi connectivity index (χ3n) is 2.67. The summed E-state index contributed by atoms with van der Waals surface area (Å²) in [5, 5.41) is 10.9. The molecule has 2 rings (SSSR count). The Morgan fingerprint density at radius 2 is 2.17 bits per heavy atom. The quantitative estimate of drug-likeness (QED) is 0.883. The van der Waals surface area contributed by atoms with Gasteiger partial charge in [-0.15, -0.1) is 0 Å². The standard InChI is InChI=1S/C11H15F2N5/c1-8-9(7-17(2)16-8)5-14-6-10-3-4-15-18(10)11(12)13/h3-4,7,11,14H,5-6H2,1-2H3. The Labute approximate surface area is 103 Å². The molecule has 0 aliphatic rings. The second-order valence-electron chi connectivity index (χ2n) is 4.06. The van der Waals surface area contributed by atoms with Crippen molar-refractivity contribution in [2.75, 3.05) is 0 Å². The summed E-state index contributed by atoms with van der Waals surface area (Å²) in [4.78, 5) is 0. The van der Waals surface area contributed by atoms with Gasteiger partial charge >= 0.3 is 6.55 Å². The van der Waals surface area contributed by atoms with Crippen molar-refractivity contribution >= 4 is 0 Å². The van der Waals surface area contributed by atoms with Crippen molar-refractivity contribution in [3.05, 3.63) is 35.4 Å². The molecule has 0 unspecified atom stereocenters. The lowest BCUT2D eigenvalue weighted by atomic mass is 10.2. The van der Waals surface area contributed by atoms with Crippen molar-refractivity contribution in [1.29, 1.82) is 0 Å². The molecular weight excluding hydrogens is 240 g/mol. The summed E-state index contributed by atoms with van der Waals surface area (Å²) in [7, 11) is 1.85. The van der Waals surface area contributed by atoms with Crippen LogP contribution in [0.15, 0.2) is 18.5 Å². The summed E-state index contributed by atoms with van der Waals surface area (Å²) in [6.45, 7) is 0.254. The fourth-order valence-corrected chi connectivity index (χ4v) is 1.80. The zero-order chi connectivity index (χ0) is 13.1. The first-order valence-electron chi connectivity index (χ1n) is 5.58. The highest BCUT2D eigenvalue weighted by Gasteiger charge is 2.11. The molecule has 2 heterocycles. The Hall–Kier alpha value is -1.76. The van der Waals surface area contributed by atoms with E-state index in [1.54, 1.807) is 10.7 Å². The molecule has 0 radical (unpaired) electrons. The van der Waals surface area contributed by atoms with E-state index < -0.39 is 6.55 Å². The fourth-order valence-electron chi connectivity index (χ4n) is 1.80. The lowest BCUT2D eigenvalue weighted by Gasteiger charge is -2.07. The van der Waals surface area contributed by atoms with Crippen molar-refractivity contribution in [2.45, 2.75) is 26.6 Å². The lowest BCUT2D eigenvalue weighted by Crippen LogP contribution is -2.17. The number of aryl methyl sites for hydroxylation is 2. The molecule has 2 aromatic rings. The minimum absolute atomic E-state index is 0.346. The summed E-state index contributed by atoms with van der Waals surface area (Å²) in [5.74, 6) is 0. The van der Waals surface area contributed by atoms with Gasteiger partial charge < -0.3 is 5.32 Å². The van der Waals surface area contributed by atoms with Crippen LogP contribution >= 0.6 is 0 Å². The van der Waals surface area contributed by atoms with E-state index in [2.05, 4.69) is 15.5 Å². The SMILES string of the molecule is Cc1nn(C)cc1CNCc1ccnn1C(F)F. The number of hydrogen-bond acceptors (Lipinski definition) is 3. The van der Waals surface area contributed by atoms with Gasteiger partial charge in [-0.25, -0.2) is 4.68 Å². The molecular formula is C11H15F2N5. The molecule has 2 aromatic heterocycles. The van der Waals surface area contributed by atoms with E-state index in [4.69, 9.17) is 0 Å². The average molecular weight is 255 g/mol. The maximum atomic E-state index is 12.5. The maximum absolute atomic E-state index is 12.5. The van der Waals surface area contributed by atoms with Crippen LogP contribution in [0, 0.1) is 6.92 Å². The highest BCUT2D eigenvalue weighted by Crippen LogP contribution is 2.12. The largest absolute Gasteiger partial charge is 0.333 e. The molecule has 0 saturated heterocycles. The Kier molecular flexibility index (Phi) is 3.71. The van der Waals surface area contributed by atoms with E-state index in [9.17, 15) is 8.78 Å². The van der Waals surface area contributed by atoms with Gasteiger partial charge in [0.1, 0.15) is 0 Å². The molecule has 0 fully saturated rings. The van der Waals surface area contributed by atoms with Gasteiger partial charge in [0.25, 0.3) is 0 Å². The van der Waals surface area contributed by atoms with E-state index in [1.165, 1.54) is 6.20 Å². The van der Waals surface area contributed by atoms with Crippen LogP contribution in [0.1, 0.15) is 23.5 Å². The highest BCUT2D eigenvalue weighted by molar-refractivity contribution is 5.15. The molecule has 7 heteroatoms. The molecule has 1 N–H and O–H groups in total. The number of halogens is 2. The van der Waals surface area contributed by atoms with Crippen LogP contribution in [-0.2, 0) is 20.1 Å². The van der Waals surface area contributed by atoms with Crippen LogP contribution in [0.3, 0.4) is 0 Å². The lowest BCUT2D eigenvalue weighted by molar-refractivity contribution is 0.0531. The first-order chi connectivity index (χ1) is 8.58. The van der Waals surface area contributed by atoms with Crippen molar-refractivity contribution in [1.82, 2.24) is 24.9 Å². The van der Waals surface area contributed by atoms with Crippen LogP contribution in [0.5, 0.6) is 0 Å². The third-order valence-corrected chi connectivity index (χ3v) is 2.67. The average Bonchev–Trinajstić information content (AvgIpc) is 2.86. The number of nitrogens with zero attached hydrogens (tertiary/aromatic N) is 4. The number of rotatable bonds is 5. The van der Waals surface area contributed by atoms with Crippen LogP contribution in [0.25, 0.3) is 0 Å². The third kappa shape index (κ3) is 2.73. The molecule has 0 bridgehead atoms. The molecule has 0 amide bonds. The first-order valence-corrected chi connectivity index (χ1v) is 5.58. The van der Waals surface area contributed by atoms with Gasteiger partial charge in [-0.3, -0.25) is 4.68 Å². The maximum Gasteiger partial charge on any atom is 0.333 e. The Bertz CT molecular complexity index is 517. The molecule has 98 valence electrons.